The molecule has 0 saturated heterocycles. The Labute approximate surface area is 82.7 Å². The number of rotatable bonds is 2. The van der Waals surface area contributed by atoms with Crippen LogP contribution in [0.5, 0.6) is 0 Å². The van der Waals surface area contributed by atoms with Gasteiger partial charge in [-0.3, -0.25) is 4.79 Å². The number of nitrogens with two attached hydrogens (primary N) is 1. The maximum atomic E-state index is 12.3. The van der Waals surface area contributed by atoms with Crippen LogP contribution in [0, 0.1) is 0 Å². The molecule has 2 N–H and O–H groups in total. The molecule has 0 bridgehead atoms. The second-order valence-corrected chi connectivity index (χ2v) is 2.87. The summed E-state index contributed by atoms with van der Waals surface area (Å²) in [5, 5.41) is 0. The molecule has 0 aliphatic rings. The molecule has 1 aromatic heterocycles. The van der Waals surface area contributed by atoms with E-state index in [9.17, 15) is 13.6 Å². The Balaban J connectivity index is 2.70. The number of amides is 1. The van der Waals surface area contributed by atoms with Gasteiger partial charge >= 0.3 is 6.43 Å². The molecule has 78 valence electrons. The molecular formula is C9H6F2N2O2. The quantitative estimate of drug-likeness (QED) is 0.825. The van der Waals surface area contributed by atoms with Gasteiger partial charge in [0.1, 0.15) is 5.52 Å². The van der Waals surface area contributed by atoms with Gasteiger partial charge in [-0.25, -0.2) is 4.98 Å². The van der Waals surface area contributed by atoms with E-state index in [1.807, 2.05) is 0 Å². The molecule has 0 atom stereocenters. The molecule has 15 heavy (non-hydrogen) atoms. The van der Waals surface area contributed by atoms with Crippen LogP contribution in [-0.4, -0.2) is 10.9 Å². The molecule has 2 aromatic rings. The lowest BCUT2D eigenvalue weighted by molar-refractivity contribution is 0.100. The number of halogens is 2. The average molecular weight is 212 g/mol. The third-order valence-corrected chi connectivity index (χ3v) is 1.89. The van der Waals surface area contributed by atoms with Crippen molar-refractivity contribution in [3.63, 3.8) is 0 Å². The van der Waals surface area contributed by atoms with E-state index in [4.69, 9.17) is 10.2 Å². The molecule has 0 radical (unpaired) electrons. The molecular weight excluding hydrogens is 206 g/mol. The van der Waals surface area contributed by atoms with E-state index in [1.165, 1.54) is 18.2 Å². The molecule has 1 heterocycles. The molecule has 4 nitrogen and oxygen atoms in total. The van der Waals surface area contributed by atoms with Crippen LogP contribution >= 0.6 is 0 Å². The van der Waals surface area contributed by atoms with E-state index in [-0.39, 0.29) is 16.7 Å². The SMILES string of the molecule is NC(=O)c1cccc2oc(C(F)F)nc12. The number of hydrogen-bond acceptors (Lipinski definition) is 3. The van der Waals surface area contributed by atoms with Crippen molar-refractivity contribution in [2.24, 2.45) is 5.73 Å². The fourth-order valence-electron chi connectivity index (χ4n) is 1.26. The lowest BCUT2D eigenvalue weighted by atomic mass is 10.2. The van der Waals surface area contributed by atoms with Gasteiger partial charge in [0.2, 0.25) is 0 Å². The van der Waals surface area contributed by atoms with Gasteiger partial charge in [-0.2, -0.15) is 8.78 Å². The normalized spacial score (nSPS) is 11.1. The van der Waals surface area contributed by atoms with Gasteiger partial charge < -0.3 is 10.2 Å². The number of aromatic nitrogens is 1. The molecule has 0 unspecified atom stereocenters. The van der Waals surface area contributed by atoms with Gasteiger partial charge in [0, 0.05) is 0 Å². The summed E-state index contributed by atoms with van der Waals surface area (Å²) in [6.45, 7) is 0. The third-order valence-electron chi connectivity index (χ3n) is 1.89. The van der Waals surface area contributed by atoms with Crippen LogP contribution in [-0.2, 0) is 0 Å². The second kappa shape index (κ2) is 3.30. The van der Waals surface area contributed by atoms with Crippen LogP contribution in [0.3, 0.4) is 0 Å². The predicted molar refractivity (Wildman–Crippen MR) is 47.5 cm³/mol. The number of alkyl halides is 2. The summed E-state index contributed by atoms with van der Waals surface area (Å²) in [7, 11) is 0. The monoisotopic (exact) mass is 212 g/mol. The van der Waals surface area contributed by atoms with Crippen molar-refractivity contribution in [2.75, 3.05) is 0 Å². The Morgan fingerprint density at radius 1 is 1.47 bits per heavy atom. The van der Waals surface area contributed by atoms with Gasteiger partial charge in [-0.05, 0) is 12.1 Å². The summed E-state index contributed by atoms with van der Waals surface area (Å²) in [5.74, 6) is -1.44. The standard InChI is InChI=1S/C9H6F2N2O2/c10-7(11)9-13-6-4(8(12)14)2-1-3-5(6)15-9/h1-3,7H,(H2,12,14). The molecule has 0 aliphatic heterocycles. The van der Waals surface area contributed by atoms with E-state index in [1.54, 1.807) is 0 Å². The first kappa shape index (κ1) is 9.57. The zero-order valence-corrected chi connectivity index (χ0v) is 7.41. The van der Waals surface area contributed by atoms with Gasteiger partial charge in [0.05, 0.1) is 5.56 Å². The highest BCUT2D eigenvalue weighted by atomic mass is 19.3. The van der Waals surface area contributed by atoms with Crippen molar-refractivity contribution in [2.45, 2.75) is 6.43 Å². The number of primary amides is 1. The molecule has 0 aliphatic carbocycles. The van der Waals surface area contributed by atoms with Gasteiger partial charge in [0.15, 0.2) is 5.58 Å². The Morgan fingerprint density at radius 2 is 2.20 bits per heavy atom. The van der Waals surface area contributed by atoms with E-state index < -0.39 is 18.2 Å². The maximum Gasteiger partial charge on any atom is 0.313 e. The minimum atomic E-state index is -2.81. The molecule has 0 spiro atoms. The number of para-hydroxylation sites is 1. The van der Waals surface area contributed by atoms with Crippen molar-refractivity contribution >= 4 is 17.0 Å². The van der Waals surface area contributed by atoms with E-state index >= 15 is 0 Å². The smallest absolute Gasteiger partial charge is 0.313 e. The number of hydrogen-bond donors (Lipinski definition) is 1. The largest absolute Gasteiger partial charge is 0.435 e. The average Bonchev–Trinajstić information content (AvgIpc) is 2.60. The molecule has 1 aromatic carbocycles. The summed E-state index contributed by atoms with van der Waals surface area (Å²) < 4.78 is 29.3. The van der Waals surface area contributed by atoms with Crippen LogP contribution < -0.4 is 5.73 Å². The van der Waals surface area contributed by atoms with Gasteiger partial charge in [-0.15, -0.1) is 0 Å². The highest BCUT2D eigenvalue weighted by molar-refractivity contribution is 6.03. The number of carbonyl (C=O) groups excluding carboxylic acids is 1. The summed E-state index contributed by atoms with van der Waals surface area (Å²) in [6, 6.07) is 4.34. The van der Waals surface area contributed by atoms with Crippen molar-refractivity contribution in [1.29, 1.82) is 0 Å². The summed E-state index contributed by atoms with van der Waals surface area (Å²) in [5.41, 5.74) is 5.33. The van der Waals surface area contributed by atoms with E-state index in [0.717, 1.165) is 0 Å². The minimum absolute atomic E-state index is 0.0697. The minimum Gasteiger partial charge on any atom is -0.435 e. The number of nitrogens with zero attached hydrogens (tertiary/aromatic N) is 1. The first-order valence-corrected chi connectivity index (χ1v) is 4.07. The number of carbonyl (C=O) groups is 1. The zero-order valence-electron chi connectivity index (χ0n) is 7.41. The lowest BCUT2D eigenvalue weighted by Crippen LogP contribution is -2.11. The fraction of sp³-hybridized carbons (Fsp3) is 0.111. The lowest BCUT2D eigenvalue weighted by Gasteiger charge is -1.93. The molecule has 0 fully saturated rings. The van der Waals surface area contributed by atoms with E-state index in [2.05, 4.69) is 4.98 Å². The Kier molecular flexibility index (Phi) is 2.11. The summed E-state index contributed by atoms with van der Waals surface area (Å²) >= 11 is 0. The molecule has 0 saturated carbocycles. The zero-order chi connectivity index (χ0) is 11.0. The van der Waals surface area contributed by atoms with Crippen LogP contribution in [0.25, 0.3) is 11.1 Å². The third kappa shape index (κ3) is 1.54. The van der Waals surface area contributed by atoms with Gasteiger partial charge in [0.25, 0.3) is 11.8 Å². The maximum absolute atomic E-state index is 12.3. The second-order valence-electron chi connectivity index (χ2n) is 2.87. The summed E-state index contributed by atoms with van der Waals surface area (Å²) in [6.07, 6.45) is -2.81. The highest BCUT2D eigenvalue weighted by Crippen LogP contribution is 2.25. The van der Waals surface area contributed by atoms with E-state index in [0.29, 0.717) is 0 Å². The highest BCUT2D eigenvalue weighted by Gasteiger charge is 2.18. The van der Waals surface area contributed by atoms with Crippen molar-refractivity contribution in [3.8, 4) is 0 Å². The molecule has 2 rings (SSSR count). The van der Waals surface area contributed by atoms with Crippen LogP contribution in [0.4, 0.5) is 8.78 Å². The number of oxazole rings is 1. The Bertz CT molecular complexity index is 522. The number of fused-ring (bicyclic) bond motifs is 1. The van der Waals surface area contributed by atoms with Crippen molar-refractivity contribution < 1.29 is 18.0 Å². The van der Waals surface area contributed by atoms with Crippen molar-refractivity contribution in [3.05, 3.63) is 29.7 Å². The van der Waals surface area contributed by atoms with Crippen LogP contribution in [0.1, 0.15) is 22.7 Å². The molecule has 1 amide bonds. The van der Waals surface area contributed by atoms with Gasteiger partial charge in [-0.1, -0.05) is 6.07 Å². The van der Waals surface area contributed by atoms with Crippen LogP contribution in [0.15, 0.2) is 22.6 Å². The van der Waals surface area contributed by atoms with Crippen molar-refractivity contribution in [1.82, 2.24) is 4.98 Å². The van der Waals surface area contributed by atoms with Crippen LogP contribution in [0.2, 0.25) is 0 Å². The Morgan fingerprint density at radius 3 is 2.80 bits per heavy atom. The topological polar surface area (TPSA) is 69.1 Å². The first-order valence-electron chi connectivity index (χ1n) is 4.07. The molecule has 6 heteroatoms. The number of benzene rings is 1. The fourth-order valence-corrected chi connectivity index (χ4v) is 1.26. The predicted octanol–water partition coefficient (Wildman–Crippen LogP) is 1.86. The Hall–Kier alpha value is -1.98. The summed E-state index contributed by atoms with van der Waals surface area (Å²) in [4.78, 5) is 14.5. The first-order chi connectivity index (χ1) is 7.09.